The van der Waals surface area contributed by atoms with Gasteiger partial charge in [0.15, 0.2) is 0 Å². The van der Waals surface area contributed by atoms with Gasteiger partial charge in [-0.2, -0.15) is 0 Å². The van der Waals surface area contributed by atoms with Crippen LogP contribution in [0.5, 0.6) is 0 Å². The first-order chi connectivity index (χ1) is 9.52. The lowest BCUT2D eigenvalue weighted by Gasteiger charge is -2.12. The molecule has 0 radical (unpaired) electrons. The normalized spacial score (nSPS) is 30.1. The van der Waals surface area contributed by atoms with E-state index in [1.807, 2.05) is 0 Å². The van der Waals surface area contributed by atoms with Crippen LogP contribution in [-0.2, 0) is 4.74 Å². The number of ether oxygens (including phenoxy) is 1. The summed E-state index contributed by atoms with van der Waals surface area (Å²) >= 11 is 0. The average molecular weight is 283 g/mol. The molecule has 4 N–H and O–H groups in total. The molecule has 1 saturated heterocycles. The minimum atomic E-state index is -1.32. The number of nitrogens with two attached hydrogens (primary N) is 1. The Labute approximate surface area is 112 Å². The maximum atomic E-state index is 14.3. The summed E-state index contributed by atoms with van der Waals surface area (Å²) in [6.45, 7) is 1.38. The second kappa shape index (κ2) is 4.53. The Morgan fingerprint density at radius 3 is 3.05 bits per heavy atom. The third-order valence-electron chi connectivity index (χ3n) is 3.59. The molecule has 2 aromatic heterocycles. The zero-order valence-corrected chi connectivity index (χ0v) is 10.7. The molecular formula is C11H14FN5O3. The van der Waals surface area contributed by atoms with Gasteiger partial charge in [-0.15, -0.1) is 5.10 Å². The predicted octanol–water partition coefficient (Wildman–Crippen LogP) is -0.594. The maximum absolute atomic E-state index is 14.3. The molecule has 20 heavy (non-hydrogen) atoms. The number of rotatable bonds is 2. The van der Waals surface area contributed by atoms with Crippen molar-refractivity contribution in [3.63, 3.8) is 0 Å². The number of imidazole rings is 1. The van der Waals surface area contributed by atoms with Gasteiger partial charge in [0.1, 0.15) is 12.3 Å². The molecule has 3 heterocycles. The highest BCUT2D eigenvalue weighted by Gasteiger charge is 2.44. The molecule has 0 bridgehead atoms. The minimum absolute atomic E-state index is 0.0186. The number of alkyl halides is 1. The van der Waals surface area contributed by atoms with Crippen LogP contribution in [0.4, 0.5) is 10.3 Å². The molecule has 1 aliphatic heterocycles. The van der Waals surface area contributed by atoms with Crippen molar-refractivity contribution in [2.75, 3.05) is 12.3 Å². The first-order valence-electron chi connectivity index (χ1n) is 6.16. The van der Waals surface area contributed by atoms with E-state index in [0.717, 1.165) is 0 Å². The Kier molecular flexibility index (Phi) is 2.94. The van der Waals surface area contributed by atoms with Crippen LogP contribution < -0.4 is 11.3 Å². The number of hydrogen-bond donors (Lipinski definition) is 3. The monoisotopic (exact) mass is 283 g/mol. The van der Waals surface area contributed by atoms with E-state index in [-0.39, 0.29) is 18.2 Å². The number of aromatic amines is 1. The van der Waals surface area contributed by atoms with Gasteiger partial charge in [-0.3, -0.25) is 9.78 Å². The van der Waals surface area contributed by atoms with Crippen molar-refractivity contribution in [2.45, 2.75) is 25.3 Å². The van der Waals surface area contributed by atoms with Gasteiger partial charge in [0.2, 0.25) is 11.6 Å². The standard InChI is InChI=1S/C11H14FN5O3/c1-4-6(3-18)20-8(7(4)12)5-2-14-9-10(19)15-11(13)16-17(5)9/h2,4,6-8,18H,3H2,1H3,(H3,13,15,16,19)/t4-,6-,7-,8?/m1/s1. The fourth-order valence-electron chi connectivity index (χ4n) is 2.43. The van der Waals surface area contributed by atoms with Crippen LogP contribution in [0.3, 0.4) is 0 Å². The minimum Gasteiger partial charge on any atom is -0.394 e. The number of hydrogen-bond acceptors (Lipinski definition) is 6. The van der Waals surface area contributed by atoms with Gasteiger partial charge in [-0.25, -0.2) is 13.9 Å². The molecule has 1 unspecified atom stereocenters. The van der Waals surface area contributed by atoms with Crippen LogP contribution >= 0.6 is 0 Å². The zero-order valence-electron chi connectivity index (χ0n) is 10.7. The van der Waals surface area contributed by atoms with E-state index in [1.165, 1.54) is 10.7 Å². The first kappa shape index (κ1) is 13.0. The molecule has 0 spiro atoms. The smallest absolute Gasteiger partial charge is 0.295 e. The number of nitrogens with zero attached hydrogens (tertiary/aromatic N) is 3. The Bertz CT molecular complexity index is 699. The van der Waals surface area contributed by atoms with Crippen molar-refractivity contribution in [3.8, 4) is 0 Å². The van der Waals surface area contributed by atoms with Crippen molar-refractivity contribution in [3.05, 3.63) is 22.2 Å². The van der Waals surface area contributed by atoms with Gasteiger partial charge in [-0.05, 0) is 0 Å². The van der Waals surface area contributed by atoms with Crippen LogP contribution in [0.15, 0.2) is 11.0 Å². The number of halogens is 1. The molecule has 9 heteroatoms. The number of aliphatic hydroxyl groups is 1. The summed E-state index contributed by atoms with van der Waals surface area (Å²) in [5.41, 5.74) is 5.28. The summed E-state index contributed by atoms with van der Waals surface area (Å²) in [5.74, 6) is -0.559. The molecule has 4 atom stereocenters. The van der Waals surface area contributed by atoms with E-state index in [0.29, 0.717) is 5.69 Å². The second-order valence-corrected chi connectivity index (χ2v) is 4.84. The van der Waals surface area contributed by atoms with Gasteiger partial charge in [0.25, 0.3) is 5.56 Å². The number of H-pyrrole nitrogens is 1. The molecule has 108 valence electrons. The van der Waals surface area contributed by atoms with Crippen LogP contribution in [0, 0.1) is 5.92 Å². The molecule has 0 aromatic carbocycles. The van der Waals surface area contributed by atoms with Crippen molar-refractivity contribution < 1.29 is 14.2 Å². The SMILES string of the molecule is C[C@@H]1[C@@H](CO)OC(c2cnc3c(=O)[nH]c(N)nn23)[C@@H]1F. The van der Waals surface area contributed by atoms with E-state index in [2.05, 4.69) is 15.1 Å². The number of anilines is 1. The maximum Gasteiger partial charge on any atom is 0.295 e. The molecule has 8 nitrogen and oxygen atoms in total. The predicted molar refractivity (Wildman–Crippen MR) is 66.8 cm³/mol. The third kappa shape index (κ3) is 1.78. The van der Waals surface area contributed by atoms with E-state index in [1.54, 1.807) is 6.92 Å². The van der Waals surface area contributed by atoms with E-state index in [4.69, 9.17) is 15.6 Å². The zero-order chi connectivity index (χ0) is 14.4. The molecule has 0 amide bonds. The van der Waals surface area contributed by atoms with Crippen LogP contribution in [-0.4, -0.2) is 43.6 Å². The highest BCUT2D eigenvalue weighted by atomic mass is 19.1. The number of nitrogen functional groups attached to an aromatic ring is 1. The Morgan fingerprint density at radius 1 is 1.65 bits per heavy atom. The molecule has 1 fully saturated rings. The average Bonchev–Trinajstić information content (AvgIpc) is 2.93. The topological polar surface area (TPSA) is 119 Å². The van der Waals surface area contributed by atoms with Crippen molar-refractivity contribution in [1.29, 1.82) is 0 Å². The van der Waals surface area contributed by atoms with Crippen LogP contribution in [0.1, 0.15) is 18.7 Å². The lowest BCUT2D eigenvalue weighted by molar-refractivity contribution is -0.00716. The lowest BCUT2D eigenvalue weighted by Crippen LogP contribution is -2.21. The molecule has 3 rings (SSSR count). The molecular weight excluding hydrogens is 269 g/mol. The van der Waals surface area contributed by atoms with Crippen molar-refractivity contribution >= 4 is 11.6 Å². The summed E-state index contributed by atoms with van der Waals surface area (Å²) in [6, 6.07) is 0. The molecule has 0 aliphatic carbocycles. The Balaban J connectivity index is 2.09. The van der Waals surface area contributed by atoms with Crippen molar-refractivity contribution in [2.24, 2.45) is 5.92 Å². The van der Waals surface area contributed by atoms with Gasteiger partial charge >= 0.3 is 0 Å². The highest BCUT2D eigenvalue weighted by Crippen LogP contribution is 2.38. The summed E-state index contributed by atoms with van der Waals surface area (Å²) in [7, 11) is 0. The second-order valence-electron chi connectivity index (χ2n) is 4.84. The van der Waals surface area contributed by atoms with E-state index in [9.17, 15) is 9.18 Å². The largest absolute Gasteiger partial charge is 0.394 e. The first-order valence-corrected chi connectivity index (χ1v) is 6.16. The fraction of sp³-hybridized carbons (Fsp3) is 0.545. The fourth-order valence-corrected chi connectivity index (χ4v) is 2.43. The van der Waals surface area contributed by atoms with Crippen molar-refractivity contribution in [1.82, 2.24) is 19.6 Å². The summed E-state index contributed by atoms with van der Waals surface area (Å²) < 4.78 is 21.0. The molecule has 2 aromatic rings. The molecule has 0 saturated carbocycles. The summed E-state index contributed by atoms with van der Waals surface area (Å²) in [6.07, 6.45) is -1.53. The highest BCUT2D eigenvalue weighted by molar-refractivity contribution is 5.38. The van der Waals surface area contributed by atoms with E-state index < -0.39 is 29.9 Å². The lowest BCUT2D eigenvalue weighted by atomic mass is 9.99. The van der Waals surface area contributed by atoms with E-state index >= 15 is 0 Å². The quantitative estimate of drug-likeness (QED) is 0.677. The molecule has 1 aliphatic rings. The van der Waals surface area contributed by atoms with Crippen LogP contribution in [0.2, 0.25) is 0 Å². The Hall–Kier alpha value is -2.00. The summed E-state index contributed by atoms with van der Waals surface area (Å²) in [4.78, 5) is 17.9. The van der Waals surface area contributed by atoms with Gasteiger partial charge in [0.05, 0.1) is 24.6 Å². The summed E-state index contributed by atoms with van der Waals surface area (Å²) in [5, 5.41) is 13.1. The van der Waals surface area contributed by atoms with Gasteiger partial charge in [-0.1, -0.05) is 6.92 Å². The van der Waals surface area contributed by atoms with Crippen LogP contribution in [0.25, 0.3) is 5.65 Å². The number of fused-ring (bicyclic) bond motifs is 1. The third-order valence-corrected chi connectivity index (χ3v) is 3.59. The number of aromatic nitrogens is 4. The van der Waals surface area contributed by atoms with Gasteiger partial charge in [0, 0.05) is 5.92 Å². The van der Waals surface area contributed by atoms with Gasteiger partial charge < -0.3 is 15.6 Å². The number of aliphatic hydroxyl groups excluding tert-OH is 1. The Morgan fingerprint density at radius 2 is 2.40 bits per heavy atom. The number of nitrogens with one attached hydrogen (secondary N) is 1.